The van der Waals surface area contributed by atoms with Gasteiger partial charge in [-0.1, -0.05) is 19.9 Å². The third-order valence-electron chi connectivity index (χ3n) is 6.33. The normalized spacial score (nSPS) is 12.2. The van der Waals surface area contributed by atoms with Crippen molar-refractivity contribution >= 4 is 28.7 Å². The van der Waals surface area contributed by atoms with Crippen LogP contribution in [0.3, 0.4) is 0 Å². The highest BCUT2D eigenvalue weighted by Crippen LogP contribution is 2.28. The Morgan fingerprint density at radius 2 is 2.03 bits per heavy atom. The number of likely N-dealkylation sites (N-methyl/N-ethyl adjacent to an activating group) is 1. The van der Waals surface area contributed by atoms with E-state index in [1.54, 1.807) is 35.2 Å². The zero-order valence-corrected chi connectivity index (χ0v) is 22.7. The molecule has 0 aromatic carbocycles. The minimum Gasteiger partial charge on any atom is -0.385 e. The van der Waals surface area contributed by atoms with E-state index < -0.39 is 0 Å². The SMILES string of the molecule is CCN(CC)C(C)CNC(=O)c1cc(NCCCOC)nc(-c2cnn3ccc(-c4cccs4)nc23)c1. The van der Waals surface area contributed by atoms with Gasteiger partial charge < -0.3 is 15.4 Å². The van der Waals surface area contributed by atoms with Gasteiger partial charge in [0.1, 0.15) is 5.82 Å². The molecule has 1 unspecified atom stereocenters. The molecule has 0 aliphatic heterocycles. The number of carbonyl (C=O) groups excluding carboxylic acids is 1. The van der Waals surface area contributed by atoms with E-state index in [-0.39, 0.29) is 11.9 Å². The first-order chi connectivity index (χ1) is 18.0. The standard InChI is InChI=1S/C27H35N7O2S/c1-5-33(6-2)19(3)17-29-27(35)20-15-23(31-25(16-20)28-11-8-13-36-4)21-18-30-34-12-10-22(32-26(21)34)24-9-7-14-37-24/h7,9-10,12,14-16,18-19H,5-6,8,11,13,17H2,1-4H3,(H,28,31)(H,29,35). The molecule has 0 radical (unpaired) electrons. The Hall–Kier alpha value is -3.34. The summed E-state index contributed by atoms with van der Waals surface area (Å²) in [4.78, 5) is 26.3. The van der Waals surface area contributed by atoms with E-state index in [0.29, 0.717) is 42.4 Å². The molecule has 1 atom stereocenters. The minimum atomic E-state index is -0.133. The summed E-state index contributed by atoms with van der Waals surface area (Å²) in [5.74, 6) is 0.496. The van der Waals surface area contributed by atoms with E-state index in [0.717, 1.165) is 35.6 Å². The quantitative estimate of drug-likeness (QED) is 0.251. The molecule has 0 saturated carbocycles. The summed E-state index contributed by atoms with van der Waals surface area (Å²) in [7, 11) is 1.68. The van der Waals surface area contributed by atoms with Crippen LogP contribution in [0, 0.1) is 0 Å². The number of rotatable bonds is 13. The molecule has 37 heavy (non-hydrogen) atoms. The molecule has 4 rings (SSSR count). The van der Waals surface area contributed by atoms with Crippen molar-refractivity contribution in [2.75, 3.05) is 45.2 Å². The van der Waals surface area contributed by atoms with E-state index in [9.17, 15) is 4.79 Å². The number of nitrogens with zero attached hydrogens (tertiary/aromatic N) is 5. The number of ether oxygens (including phenoxy) is 1. The molecule has 196 valence electrons. The Kier molecular flexibility index (Phi) is 9.21. The van der Waals surface area contributed by atoms with Crippen molar-refractivity contribution in [3.63, 3.8) is 0 Å². The van der Waals surface area contributed by atoms with E-state index in [4.69, 9.17) is 14.7 Å². The summed E-state index contributed by atoms with van der Waals surface area (Å²) in [6.45, 7) is 10.2. The molecule has 0 aliphatic rings. The third kappa shape index (κ3) is 6.51. The maximum Gasteiger partial charge on any atom is 0.251 e. The fourth-order valence-electron chi connectivity index (χ4n) is 4.25. The molecule has 9 nitrogen and oxygen atoms in total. The molecule has 1 amide bonds. The Bertz CT molecular complexity index is 1300. The predicted molar refractivity (Wildman–Crippen MR) is 149 cm³/mol. The smallest absolute Gasteiger partial charge is 0.251 e. The summed E-state index contributed by atoms with van der Waals surface area (Å²) in [6.07, 6.45) is 4.48. The number of nitrogens with one attached hydrogen (secondary N) is 2. The second kappa shape index (κ2) is 12.8. The number of hydrogen-bond donors (Lipinski definition) is 2. The molecule has 0 bridgehead atoms. The van der Waals surface area contributed by atoms with Crippen LogP contribution < -0.4 is 10.6 Å². The maximum atomic E-state index is 13.2. The van der Waals surface area contributed by atoms with Crippen molar-refractivity contribution in [1.29, 1.82) is 0 Å². The molecule has 4 aromatic heterocycles. The zero-order valence-electron chi connectivity index (χ0n) is 21.9. The second-order valence-corrected chi connectivity index (χ2v) is 9.74. The molecular formula is C27H35N7O2S. The fourth-order valence-corrected chi connectivity index (χ4v) is 4.95. The third-order valence-corrected chi connectivity index (χ3v) is 7.22. The van der Waals surface area contributed by atoms with Gasteiger partial charge in [0.05, 0.1) is 28.0 Å². The fraction of sp³-hybridized carbons (Fsp3) is 0.407. The van der Waals surface area contributed by atoms with Gasteiger partial charge in [-0.05, 0) is 56.1 Å². The molecule has 0 saturated heterocycles. The van der Waals surface area contributed by atoms with Gasteiger partial charge in [0, 0.05) is 44.6 Å². The molecule has 4 heterocycles. The van der Waals surface area contributed by atoms with Crippen LogP contribution in [0.4, 0.5) is 5.82 Å². The summed E-state index contributed by atoms with van der Waals surface area (Å²) in [5, 5.41) is 12.9. The van der Waals surface area contributed by atoms with Crippen LogP contribution in [0.25, 0.3) is 27.5 Å². The Morgan fingerprint density at radius 1 is 1.19 bits per heavy atom. The number of thiophene rings is 1. The number of carbonyl (C=O) groups is 1. The highest BCUT2D eigenvalue weighted by Gasteiger charge is 2.17. The first-order valence-electron chi connectivity index (χ1n) is 12.7. The van der Waals surface area contributed by atoms with Gasteiger partial charge >= 0.3 is 0 Å². The van der Waals surface area contributed by atoms with Gasteiger partial charge in [0.25, 0.3) is 5.91 Å². The van der Waals surface area contributed by atoms with Gasteiger partial charge in [-0.2, -0.15) is 5.10 Å². The Labute approximate surface area is 221 Å². The van der Waals surface area contributed by atoms with Crippen LogP contribution >= 0.6 is 11.3 Å². The summed E-state index contributed by atoms with van der Waals surface area (Å²) in [5.41, 5.74) is 3.52. The van der Waals surface area contributed by atoms with Gasteiger partial charge in [-0.3, -0.25) is 9.69 Å². The van der Waals surface area contributed by atoms with Gasteiger partial charge in [0.2, 0.25) is 0 Å². The van der Waals surface area contributed by atoms with Crippen molar-refractivity contribution in [2.45, 2.75) is 33.2 Å². The van der Waals surface area contributed by atoms with Gasteiger partial charge in [-0.25, -0.2) is 14.5 Å². The van der Waals surface area contributed by atoms with E-state index >= 15 is 0 Å². The number of amides is 1. The molecule has 10 heteroatoms. The van der Waals surface area contributed by atoms with Crippen LogP contribution in [0.2, 0.25) is 0 Å². The molecule has 2 N–H and O–H groups in total. The average molecular weight is 522 g/mol. The largest absolute Gasteiger partial charge is 0.385 e. The topological polar surface area (TPSA) is 96.7 Å². The summed E-state index contributed by atoms with van der Waals surface area (Å²) >= 11 is 1.64. The lowest BCUT2D eigenvalue weighted by molar-refractivity contribution is 0.0938. The van der Waals surface area contributed by atoms with E-state index in [1.807, 2.05) is 35.8 Å². The highest BCUT2D eigenvalue weighted by atomic mass is 32.1. The zero-order chi connectivity index (χ0) is 26.2. The maximum absolute atomic E-state index is 13.2. The van der Waals surface area contributed by atoms with Crippen molar-refractivity contribution in [2.24, 2.45) is 0 Å². The van der Waals surface area contributed by atoms with Crippen molar-refractivity contribution in [3.8, 4) is 21.8 Å². The number of fused-ring (bicyclic) bond motifs is 1. The first-order valence-corrected chi connectivity index (χ1v) is 13.6. The van der Waals surface area contributed by atoms with Crippen LogP contribution in [-0.2, 0) is 4.74 Å². The number of hydrogen-bond acceptors (Lipinski definition) is 8. The Balaban J connectivity index is 1.65. The lowest BCUT2D eigenvalue weighted by Gasteiger charge is -2.26. The van der Waals surface area contributed by atoms with Crippen LogP contribution in [0.1, 0.15) is 37.6 Å². The molecule has 0 spiro atoms. The summed E-state index contributed by atoms with van der Waals surface area (Å²) < 4.78 is 6.89. The van der Waals surface area contributed by atoms with Crippen molar-refractivity contribution in [1.82, 2.24) is 29.8 Å². The molecule has 0 aliphatic carbocycles. The van der Waals surface area contributed by atoms with E-state index in [2.05, 4.69) is 41.4 Å². The predicted octanol–water partition coefficient (Wildman–Crippen LogP) is 4.43. The number of methoxy groups -OCH3 is 1. The summed E-state index contributed by atoms with van der Waals surface area (Å²) in [6, 6.07) is 9.86. The highest BCUT2D eigenvalue weighted by molar-refractivity contribution is 7.13. The number of aromatic nitrogens is 4. The lowest BCUT2D eigenvalue weighted by atomic mass is 10.1. The van der Waals surface area contributed by atoms with Crippen LogP contribution in [0.15, 0.2) is 48.1 Å². The van der Waals surface area contributed by atoms with Crippen molar-refractivity contribution in [3.05, 3.63) is 53.7 Å². The van der Waals surface area contributed by atoms with Crippen LogP contribution in [-0.4, -0.2) is 76.3 Å². The molecule has 0 fully saturated rings. The average Bonchev–Trinajstić information content (AvgIpc) is 3.60. The lowest BCUT2D eigenvalue weighted by Crippen LogP contribution is -2.42. The minimum absolute atomic E-state index is 0.133. The monoisotopic (exact) mass is 521 g/mol. The molecular weight excluding hydrogens is 486 g/mol. The van der Waals surface area contributed by atoms with Gasteiger partial charge in [0.15, 0.2) is 5.65 Å². The van der Waals surface area contributed by atoms with Crippen molar-refractivity contribution < 1.29 is 9.53 Å². The Morgan fingerprint density at radius 3 is 2.76 bits per heavy atom. The molecule has 4 aromatic rings. The first kappa shape index (κ1) is 26.7. The number of pyridine rings is 1. The van der Waals surface area contributed by atoms with Crippen LogP contribution in [0.5, 0.6) is 0 Å². The second-order valence-electron chi connectivity index (χ2n) is 8.80. The van der Waals surface area contributed by atoms with Gasteiger partial charge in [-0.15, -0.1) is 11.3 Å². The van der Waals surface area contributed by atoms with E-state index in [1.165, 1.54) is 0 Å². The number of anilines is 1.